The van der Waals surface area contributed by atoms with Crippen LogP contribution in [-0.4, -0.2) is 0 Å². The number of nitrogens with zero attached hydrogens (tertiary/aromatic N) is 1. The van der Waals surface area contributed by atoms with E-state index in [0.717, 1.165) is 39.0 Å². The zero-order chi connectivity index (χ0) is 34.4. The molecule has 10 rings (SSSR count). The third-order valence-electron chi connectivity index (χ3n) is 10.2. The van der Waals surface area contributed by atoms with E-state index < -0.39 is 0 Å². The molecule has 9 aromatic carbocycles. The molecule has 0 aliphatic carbocycles. The molecule has 0 fully saturated rings. The van der Waals surface area contributed by atoms with Gasteiger partial charge in [0, 0.05) is 27.8 Å². The molecule has 1 heterocycles. The molecule has 2 nitrogen and oxygen atoms in total. The van der Waals surface area contributed by atoms with Gasteiger partial charge in [0.25, 0.3) is 0 Å². The van der Waals surface area contributed by atoms with E-state index in [-0.39, 0.29) is 0 Å². The van der Waals surface area contributed by atoms with Crippen LogP contribution in [0.25, 0.3) is 76.9 Å². The first-order valence-corrected chi connectivity index (χ1v) is 17.8. The summed E-state index contributed by atoms with van der Waals surface area (Å²) in [4.78, 5) is 2.35. The second kappa shape index (κ2) is 12.5. The highest BCUT2D eigenvalue weighted by atomic mass is 16.3. The zero-order valence-corrected chi connectivity index (χ0v) is 28.4. The average Bonchev–Trinajstić information content (AvgIpc) is 3.59. The van der Waals surface area contributed by atoms with Crippen LogP contribution in [-0.2, 0) is 0 Å². The summed E-state index contributed by atoms with van der Waals surface area (Å²) in [6.07, 6.45) is 0. The third-order valence-corrected chi connectivity index (χ3v) is 10.2. The molecule has 0 bridgehead atoms. The Kier molecular flexibility index (Phi) is 7.18. The molecule has 0 radical (unpaired) electrons. The smallest absolute Gasteiger partial charge is 0.136 e. The van der Waals surface area contributed by atoms with Gasteiger partial charge in [0.05, 0.1) is 0 Å². The van der Waals surface area contributed by atoms with E-state index in [1.54, 1.807) is 0 Å². The normalized spacial score (nSPS) is 11.5. The van der Waals surface area contributed by atoms with Gasteiger partial charge in [0.2, 0.25) is 0 Å². The van der Waals surface area contributed by atoms with E-state index in [4.69, 9.17) is 4.42 Å². The van der Waals surface area contributed by atoms with Gasteiger partial charge in [0.1, 0.15) is 11.2 Å². The summed E-state index contributed by atoms with van der Waals surface area (Å²) in [5.41, 5.74) is 12.4. The lowest BCUT2D eigenvalue weighted by Crippen LogP contribution is -2.09. The number of fused-ring (bicyclic) bond motifs is 6. The molecule has 0 aliphatic rings. The first kappa shape index (κ1) is 30.0. The van der Waals surface area contributed by atoms with Crippen molar-refractivity contribution in [1.82, 2.24) is 0 Å². The highest BCUT2D eigenvalue weighted by Gasteiger charge is 2.16. The highest BCUT2D eigenvalue weighted by Crippen LogP contribution is 2.41. The summed E-state index contributed by atoms with van der Waals surface area (Å²) < 4.78 is 6.24. The van der Waals surface area contributed by atoms with Gasteiger partial charge in [0.15, 0.2) is 0 Å². The maximum absolute atomic E-state index is 6.24. The Hall–Kier alpha value is -6.90. The fourth-order valence-electron chi connectivity index (χ4n) is 7.68. The molecule has 0 N–H and O–H groups in total. The molecular formula is C50H33NO. The lowest BCUT2D eigenvalue weighted by molar-refractivity contribution is 0.669. The quantitative estimate of drug-likeness (QED) is 0.165. The van der Waals surface area contributed by atoms with Crippen LogP contribution in [0, 0.1) is 0 Å². The van der Waals surface area contributed by atoms with E-state index in [0.29, 0.717) is 0 Å². The Morgan fingerprint density at radius 3 is 1.63 bits per heavy atom. The van der Waals surface area contributed by atoms with Crippen molar-refractivity contribution in [3.05, 3.63) is 200 Å². The van der Waals surface area contributed by atoms with Gasteiger partial charge in [-0.1, -0.05) is 140 Å². The fourth-order valence-corrected chi connectivity index (χ4v) is 7.68. The van der Waals surface area contributed by atoms with Gasteiger partial charge >= 0.3 is 0 Å². The highest BCUT2D eigenvalue weighted by molar-refractivity contribution is 6.17. The summed E-state index contributed by atoms with van der Waals surface area (Å²) in [5, 5.41) is 7.09. The van der Waals surface area contributed by atoms with Gasteiger partial charge in [-0.05, 0) is 116 Å². The summed E-state index contributed by atoms with van der Waals surface area (Å²) in [6, 6.07) is 71.8. The van der Waals surface area contributed by atoms with Crippen LogP contribution in [0.2, 0.25) is 0 Å². The van der Waals surface area contributed by atoms with Crippen LogP contribution in [0.4, 0.5) is 17.1 Å². The Morgan fingerprint density at radius 1 is 0.288 bits per heavy atom. The summed E-state index contributed by atoms with van der Waals surface area (Å²) >= 11 is 0. The molecule has 0 unspecified atom stereocenters. The molecule has 10 aromatic rings. The SMILES string of the molecule is c1ccc(-c2ccc(-c3ccc(N(c4ccccc4)c4ccc5ccc6cc7oc8ccccc8c7cc6c5c4)cc3)cc2-c2ccccc2)cc1. The number of rotatable bonds is 6. The third kappa shape index (κ3) is 5.21. The van der Waals surface area contributed by atoms with Crippen LogP contribution in [0.15, 0.2) is 205 Å². The van der Waals surface area contributed by atoms with Crippen molar-refractivity contribution >= 4 is 60.5 Å². The zero-order valence-electron chi connectivity index (χ0n) is 28.4. The van der Waals surface area contributed by atoms with Crippen molar-refractivity contribution in [3.8, 4) is 33.4 Å². The van der Waals surface area contributed by atoms with Gasteiger partial charge < -0.3 is 9.32 Å². The Bertz CT molecular complexity index is 2870. The second-order valence-corrected chi connectivity index (χ2v) is 13.3. The molecule has 0 spiro atoms. The first-order valence-electron chi connectivity index (χ1n) is 17.8. The van der Waals surface area contributed by atoms with Crippen LogP contribution >= 0.6 is 0 Å². The minimum atomic E-state index is 0.917. The van der Waals surface area contributed by atoms with E-state index in [1.165, 1.54) is 54.9 Å². The summed E-state index contributed by atoms with van der Waals surface area (Å²) in [6.45, 7) is 0. The van der Waals surface area contributed by atoms with E-state index in [1.807, 2.05) is 12.1 Å². The van der Waals surface area contributed by atoms with Crippen LogP contribution in [0.5, 0.6) is 0 Å². The van der Waals surface area contributed by atoms with E-state index >= 15 is 0 Å². The number of hydrogen-bond acceptors (Lipinski definition) is 2. The van der Waals surface area contributed by atoms with Gasteiger partial charge in [-0.25, -0.2) is 0 Å². The lowest BCUT2D eigenvalue weighted by Gasteiger charge is -2.26. The van der Waals surface area contributed by atoms with Crippen LogP contribution < -0.4 is 4.90 Å². The topological polar surface area (TPSA) is 16.4 Å². The molecule has 0 aliphatic heterocycles. The number of anilines is 3. The van der Waals surface area contributed by atoms with E-state index in [9.17, 15) is 0 Å². The molecule has 1 aromatic heterocycles. The molecule has 0 saturated carbocycles. The number of furan rings is 1. The average molecular weight is 664 g/mol. The van der Waals surface area contributed by atoms with Crippen molar-refractivity contribution in [2.24, 2.45) is 0 Å². The number of para-hydroxylation sites is 2. The molecule has 244 valence electrons. The van der Waals surface area contributed by atoms with Gasteiger partial charge in [-0.2, -0.15) is 0 Å². The molecule has 0 saturated heterocycles. The minimum Gasteiger partial charge on any atom is -0.456 e. The van der Waals surface area contributed by atoms with Crippen molar-refractivity contribution < 1.29 is 4.42 Å². The monoisotopic (exact) mass is 663 g/mol. The maximum Gasteiger partial charge on any atom is 0.136 e. The molecule has 52 heavy (non-hydrogen) atoms. The predicted octanol–water partition coefficient (Wildman–Crippen LogP) is 14.4. The first-order chi connectivity index (χ1) is 25.8. The lowest BCUT2D eigenvalue weighted by atomic mass is 9.91. The minimum absolute atomic E-state index is 0.917. The molecule has 0 amide bonds. The van der Waals surface area contributed by atoms with E-state index in [2.05, 4.69) is 193 Å². The largest absolute Gasteiger partial charge is 0.456 e. The summed E-state index contributed by atoms with van der Waals surface area (Å²) in [5.74, 6) is 0. The molecular weight excluding hydrogens is 631 g/mol. The van der Waals surface area contributed by atoms with Crippen molar-refractivity contribution in [1.29, 1.82) is 0 Å². The van der Waals surface area contributed by atoms with Crippen LogP contribution in [0.3, 0.4) is 0 Å². The second-order valence-electron chi connectivity index (χ2n) is 13.3. The standard InChI is InChI=1S/C50H33NO/c1-4-12-35(13-5-1)43-29-25-38(30-45(43)36-14-6-2-7-15-36)34-22-26-41(27-23-34)51(40-16-8-3-9-17-40)42-28-24-37-20-21-39-31-50-48(33-47(39)46(37)32-42)44-18-10-11-19-49(44)52-50/h1-33H. The Balaban J connectivity index is 1.08. The maximum atomic E-state index is 6.24. The van der Waals surface area contributed by atoms with Crippen molar-refractivity contribution in [2.45, 2.75) is 0 Å². The van der Waals surface area contributed by atoms with Gasteiger partial charge in [-0.15, -0.1) is 0 Å². The van der Waals surface area contributed by atoms with Crippen molar-refractivity contribution in [2.75, 3.05) is 4.90 Å². The number of hydrogen-bond donors (Lipinski definition) is 0. The predicted molar refractivity (Wildman–Crippen MR) is 220 cm³/mol. The molecule has 2 heteroatoms. The Morgan fingerprint density at radius 2 is 0.865 bits per heavy atom. The van der Waals surface area contributed by atoms with Gasteiger partial charge in [-0.3, -0.25) is 0 Å². The van der Waals surface area contributed by atoms with Crippen LogP contribution in [0.1, 0.15) is 0 Å². The fraction of sp³-hybridized carbons (Fsp3) is 0. The number of benzene rings is 9. The van der Waals surface area contributed by atoms with Crippen molar-refractivity contribution in [3.63, 3.8) is 0 Å². The Labute approximate surface area is 302 Å². The summed E-state index contributed by atoms with van der Waals surface area (Å²) in [7, 11) is 0. The molecule has 0 atom stereocenters.